The van der Waals surface area contributed by atoms with Crippen molar-refractivity contribution in [2.24, 2.45) is 0 Å². The van der Waals surface area contributed by atoms with Crippen molar-refractivity contribution in [3.63, 3.8) is 0 Å². The Morgan fingerprint density at radius 1 is 1.15 bits per heavy atom. The normalized spacial score (nSPS) is 10.2. The molecule has 1 aromatic heterocycles. The second kappa shape index (κ2) is 3.62. The highest BCUT2D eigenvalue weighted by Crippen LogP contribution is 2.25. The molecule has 0 unspecified atom stereocenters. The molecule has 0 saturated carbocycles. The Labute approximate surface area is 80.2 Å². The number of hydrogen-bond acceptors (Lipinski definition) is 4. The summed E-state index contributed by atoms with van der Waals surface area (Å²) >= 11 is 1.47. The van der Waals surface area contributed by atoms with Crippen LogP contribution in [-0.4, -0.2) is 10.2 Å². The summed E-state index contributed by atoms with van der Waals surface area (Å²) in [4.78, 5) is 1.10. The Morgan fingerprint density at radius 2 is 1.92 bits per heavy atom. The molecule has 66 valence electrons. The van der Waals surface area contributed by atoms with Crippen molar-refractivity contribution in [2.75, 3.05) is 0 Å². The van der Waals surface area contributed by atoms with Gasteiger partial charge in [0, 0.05) is 11.8 Å². The van der Waals surface area contributed by atoms with Crippen LogP contribution < -0.4 is 0 Å². The fraction of sp³-hybridized carbons (Fsp3) is 0.111. The zero-order chi connectivity index (χ0) is 9.10. The third kappa shape index (κ3) is 2.09. The van der Waals surface area contributed by atoms with Crippen LogP contribution in [0.3, 0.4) is 0 Å². The lowest BCUT2D eigenvalue weighted by molar-refractivity contribution is 0.429. The maximum absolute atomic E-state index is 5.23. The quantitative estimate of drug-likeness (QED) is 0.733. The maximum Gasteiger partial charge on any atom is 0.281 e. The molecule has 13 heavy (non-hydrogen) atoms. The fourth-order valence-electron chi connectivity index (χ4n) is 0.909. The van der Waals surface area contributed by atoms with E-state index in [1.165, 1.54) is 11.8 Å². The van der Waals surface area contributed by atoms with Crippen LogP contribution in [0.1, 0.15) is 5.89 Å². The summed E-state index contributed by atoms with van der Waals surface area (Å²) in [6.45, 7) is 1.78. The summed E-state index contributed by atoms with van der Waals surface area (Å²) in [7, 11) is 0. The van der Waals surface area contributed by atoms with Gasteiger partial charge in [-0.1, -0.05) is 18.2 Å². The second-order valence-corrected chi connectivity index (χ2v) is 3.53. The first-order chi connectivity index (χ1) is 6.34. The lowest BCUT2D eigenvalue weighted by Gasteiger charge is -1.93. The van der Waals surface area contributed by atoms with Gasteiger partial charge in [0.25, 0.3) is 5.22 Å². The van der Waals surface area contributed by atoms with Gasteiger partial charge >= 0.3 is 0 Å². The minimum atomic E-state index is 0.587. The molecular formula is C9H8N2OS. The van der Waals surface area contributed by atoms with E-state index in [2.05, 4.69) is 10.2 Å². The predicted octanol–water partition coefficient (Wildman–Crippen LogP) is 2.53. The van der Waals surface area contributed by atoms with Crippen LogP contribution in [0, 0.1) is 6.92 Å². The van der Waals surface area contributed by atoms with Crippen LogP contribution in [0.4, 0.5) is 0 Å². The van der Waals surface area contributed by atoms with E-state index in [0.717, 1.165) is 4.90 Å². The molecule has 0 bridgehead atoms. The molecule has 1 heterocycles. The van der Waals surface area contributed by atoms with Crippen LogP contribution in [0.5, 0.6) is 0 Å². The average molecular weight is 192 g/mol. The Bertz CT molecular complexity index is 386. The largest absolute Gasteiger partial charge is 0.416 e. The van der Waals surface area contributed by atoms with E-state index in [1.807, 2.05) is 30.3 Å². The minimum Gasteiger partial charge on any atom is -0.416 e. The molecular weight excluding hydrogens is 184 g/mol. The van der Waals surface area contributed by atoms with Crippen LogP contribution in [0.25, 0.3) is 0 Å². The molecule has 0 radical (unpaired) electrons. The van der Waals surface area contributed by atoms with Crippen molar-refractivity contribution < 1.29 is 4.42 Å². The fourth-order valence-corrected chi connectivity index (χ4v) is 1.65. The molecule has 0 N–H and O–H groups in total. The van der Waals surface area contributed by atoms with Crippen LogP contribution in [0.15, 0.2) is 44.9 Å². The van der Waals surface area contributed by atoms with Crippen molar-refractivity contribution in [3.05, 3.63) is 36.2 Å². The summed E-state index contributed by atoms with van der Waals surface area (Å²) in [5.41, 5.74) is 0. The summed E-state index contributed by atoms with van der Waals surface area (Å²) < 4.78 is 5.23. The number of aryl methyl sites for hydroxylation is 1. The molecule has 0 atom stereocenters. The van der Waals surface area contributed by atoms with Gasteiger partial charge in [-0.05, 0) is 23.9 Å². The highest BCUT2D eigenvalue weighted by molar-refractivity contribution is 7.99. The van der Waals surface area contributed by atoms with Crippen LogP contribution in [0.2, 0.25) is 0 Å². The Kier molecular flexibility index (Phi) is 2.31. The molecule has 2 rings (SSSR count). The monoisotopic (exact) mass is 192 g/mol. The standard InChI is InChI=1S/C9H8N2OS/c1-7-10-11-9(12-7)13-8-5-3-2-4-6-8/h2-6H,1H3. The lowest BCUT2D eigenvalue weighted by atomic mass is 10.4. The van der Waals surface area contributed by atoms with E-state index in [9.17, 15) is 0 Å². The summed E-state index contributed by atoms with van der Waals surface area (Å²) in [5, 5.41) is 8.22. The van der Waals surface area contributed by atoms with E-state index in [4.69, 9.17) is 4.42 Å². The zero-order valence-corrected chi connectivity index (χ0v) is 7.91. The van der Waals surface area contributed by atoms with Crippen molar-refractivity contribution in [3.8, 4) is 0 Å². The first-order valence-corrected chi connectivity index (χ1v) is 4.69. The molecule has 0 aliphatic heterocycles. The molecule has 0 aliphatic carbocycles. The van der Waals surface area contributed by atoms with E-state index in [-0.39, 0.29) is 0 Å². The minimum absolute atomic E-state index is 0.587. The smallest absolute Gasteiger partial charge is 0.281 e. The van der Waals surface area contributed by atoms with E-state index in [0.29, 0.717) is 11.1 Å². The number of rotatable bonds is 2. The van der Waals surface area contributed by atoms with Crippen molar-refractivity contribution in [1.82, 2.24) is 10.2 Å². The number of aromatic nitrogens is 2. The number of benzene rings is 1. The van der Waals surface area contributed by atoms with Gasteiger partial charge in [-0.2, -0.15) is 0 Å². The predicted molar refractivity (Wildman–Crippen MR) is 49.6 cm³/mol. The van der Waals surface area contributed by atoms with Gasteiger partial charge in [0.05, 0.1) is 0 Å². The molecule has 0 saturated heterocycles. The maximum atomic E-state index is 5.23. The SMILES string of the molecule is Cc1nnc(Sc2ccccc2)o1. The van der Waals surface area contributed by atoms with E-state index in [1.54, 1.807) is 6.92 Å². The third-order valence-corrected chi connectivity index (χ3v) is 2.30. The zero-order valence-electron chi connectivity index (χ0n) is 7.10. The average Bonchev–Trinajstić information content (AvgIpc) is 2.53. The van der Waals surface area contributed by atoms with Gasteiger partial charge in [-0.15, -0.1) is 10.2 Å². The first kappa shape index (κ1) is 8.31. The third-order valence-electron chi connectivity index (χ3n) is 1.46. The summed E-state index contributed by atoms with van der Waals surface area (Å²) in [6, 6.07) is 9.94. The molecule has 0 aliphatic rings. The Hall–Kier alpha value is -1.29. The molecule has 3 nitrogen and oxygen atoms in total. The summed E-state index contributed by atoms with van der Waals surface area (Å²) in [6.07, 6.45) is 0. The second-order valence-electron chi connectivity index (χ2n) is 2.50. The van der Waals surface area contributed by atoms with Gasteiger partial charge < -0.3 is 4.42 Å². The van der Waals surface area contributed by atoms with Gasteiger partial charge in [-0.3, -0.25) is 0 Å². The van der Waals surface area contributed by atoms with Crippen molar-refractivity contribution in [1.29, 1.82) is 0 Å². The molecule has 0 fully saturated rings. The molecule has 1 aromatic carbocycles. The van der Waals surface area contributed by atoms with Crippen molar-refractivity contribution in [2.45, 2.75) is 17.0 Å². The van der Waals surface area contributed by atoms with Gasteiger partial charge in [0.1, 0.15) is 0 Å². The highest BCUT2D eigenvalue weighted by Gasteiger charge is 2.03. The van der Waals surface area contributed by atoms with E-state index >= 15 is 0 Å². The molecule has 2 aromatic rings. The Morgan fingerprint density at radius 3 is 2.54 bits per heavy atom. The molecule has 4 heteroatoms. The van der Waals surface area contributed by atoms with Crippen molar-refractivity contribution >= 4 is 11.8 Å². The highest BCUT2D eigenvalue weighted by atomic mass is 32.2. The van der Waals surface area contributed by atoms with E-state index < -0.39 is 0 Å². The van der Waals surface area contributed by atoms with Gasteiger partial charge in [0.15, 0.2) is 0 Å². The van der Waals surface area contributed by atoms with Crippen LogP contribution >= 0.6 is 11.8 Å². The van der Waals surface area contributed by atoms with Gasteiger partial charge in [0.2, 0.25) is 5.89 Å². The topological polar surface area (TPSA) is 38.9 Å². The van der Waals surface area contributed by atoms with Crippen LogP contribution in [-0.2, 0) is 0 Å². The number of nitrogens with zero attached hydrogens (tertiary/aromatic N) is 2. The Balaban J connectivity index is 2.15. The number of hydrogen-bond donors (Lipinski definition) is 0. The molecule has 0 spiro atoms. The lowest BCUT2D eigenvalue weighted by Crippen LogP contribution is -1.72. The summed E-state index contributed by atoms with van der Waals surface area (Å²) in [5.74, 6) is 0.596. The van der Waals surface area contributed by atoms with Gasteiger partial charge in [-0.25, -0.2) is 0 Å². The first-order valence-electron chi connectivity index (χ1n) is 3.87. The molecule has 0 amide bonds.